The molecule has 0 spiro atoms. The molecular weight excluding hydrogens is 270 g/mol. The minimum atomic E-state index is -0.517. The summed E-state index contributed by atoms with van der Waals surface area (Å²) >= 11 is 0. The van der Waals surface area contributed by atoms with Crippen molar-refractivity contribution in [2.75, 3.05) is 0 Å². The second-order valence-electron chi connectivity index (χ2n) is 4.68. The number of nitrogens with one attached hydrogen (secondary N) is 1. The highest BCUT2D eigenvalue weighted by Crippen LogP contribution is 2.18. The Kier molecular flexibility index (Phi) is 2.98. The van der Waals surface area contributed by atoms with E-state index >= 15 is 0 Å². The quantitative estimate of drug-likeness (QED) is 0.744. The number of benzene rings is 2. The van der Waals surface area contributed by atoms with E-state index in [0.717, 1.165) is 9.25 Å². The summed E-state index contributed by atoms with van der Waals surface area (Å²) in [5.41, 5.74) is 0.598. The van der Waals surface area contributed by atoms with E-state index in [2.05, 4.69) is 5.10 Å². The predicted molar refractivity (Wildman–Crippen MR) is 78.4 cm³/mol. The van der Waals surface area contributed by atoms with E-state index in [1.165, 1.54) is 6.07 Å². The number of hydrogen-bond acceptors (Lipinski definition) is 3. The van der Waals surface area contributed by atoms with Gasteiger partial charge in [0.15, 0.2) is 0 Å². The van der Waals surface area contributed by atoms with E-state index in [1.807, 2.05) is 6.07 Å². The number of hydrogen-bond donors (Lipinski definition) is 2. The SMILES string of the molecule is Cc1cc(-n2[nH]c(=O)n(-c3ccccc3)c2=O)ccc1O. The third kappa shape index (κ3) is 2.16. The zero-order valence-corrected chi connectivity index (χ0v) is 11.3. The molecule has 6 nitrogen and oxygen atoms in total. The molecule has 0 unspecified atom stereocenters. The van der Waals surface area contributed by atoms with Gasteiger partial charge in [-0.15, -0.1) is 0 Å². The van der Waals surface area contributed by atoms with Crippen LogP contribution in [0.3, 0.4) is 0 Å². The van der Waals surface area contributed by atoms with Crippen molar-refractivity contribution in [1.82, 2.24) is 14.3 Å². The second kappa shape index (κ2) is 4.82. The fourth-order valence-electron chi connectivity index (χ4n) is 2.14. The molecule has 0 saturated carbocycles. The molecular formula is C15H13N3O3. The molecule has 1 aromatic heterocycles. The molecule has 0 atom stereocenters. The maximum absolute atomic E-state index is 12.4. The zero-order chi connectivity index (χ0) is 15.0. The van der Waals surface area contributed by atoms with Gasteiger partial charge in [0.1, 0.15) is 5.75 Å². The van der Waals surface area contributed by atoms with Crippen LogP contribution in [0.4, 0.5) is 0 Å². The summed E-state index contributed by atoms with van der Waals surface area (Å²) in [6, 6.07) is 13.4. The van der Waals surface area contributed by atoms with Crippen LogP contribution in [-0.2, 0) is 0 Å². The molecule has 0 aliphatic heterocycles. The van der Waals surface area contributed by atoms with Crippen LogP contribution in [-0.4, -0.2) is 19.5 Å². The van der Waals surface area contributed by atoms with E-state index in [-0.39, 0.29) is 5.75 Å². The van der Waals surface area contributed by atoms with Crippen molar-refractivity contribution >= 4 is 0 Å². The number of phenols is 1. The molecule has 0 saturated heterocycles. The molecule has 2 N–H and O–H groups in total. The average Bonchev–Trinajstić information content (AvgIpc) is 2.78. The molecule has 0 bridgehead atoms. The Labute approximate surface area is 119 Å². The predicted octanol–water partition coefficient (Wildman–Crippen LogP) is 1.33. The minimum absolute atomic E-state index is 0.136. The fourth-order valence-corrected chi connectivity index (χ4v) is 2.14. The highest BCUT2D eigenvalue weighted by Gasteiger charge is 2.12. The molecule has 0 aliphatic carbocycles. The van der Waals surface area contributed by atoms with Crippen LogP contribution in [0.1, 0.15) is 5.56 Å². The van der Waals surface area contributed by atoms with E-state index < -0.39 is 11.4 Å². The third-order valence-corrected chi connectivity index (χ3v) is 3.25. The van der Waals surface area contributed by atoms with Crippen LogP contribution in [0, 0.1) is 6.92 Å². The summed E-state index contributed by atoms with van der Waals surface area (Å²) in [5, 5.41) is 12.0. The number of rotatable bonds is 2. The van der Waals surface area contributed by atoms with Gasteiger partial charge in [0.05, 0.1) is 11.4 Å². The fraction of sp³-hybridized carbons (Fsp3) is 0.0667. The van der Waals surface area contributed by atoms with E-state index in [0.29, 0.717) is 16.9 Å². The van der Waals surface area contributed by atoms with E-state index in [4.69, 9.17) is 0 Å². The number of aromatic hydroxyl groups is 1. The van der Waals surface area contributed by atoms with Gasteiger partial charge in [0.25, 0.3) is 0 Å². The Morgan fingerprint density at radius 2 is 1.71 bits per heavy atom. The first kappa shape index (κ1) is 13.0. The summed E-state index contributed by atoms with van der Waals surface area (Å²) in [7, 11) is 0. The molecule has 6 heteroatoms. The number of nitrogens with zero attached hydrogens (tertiary/aromatic N) is 2. The van der Waals surface area contributed by atoms with Crippen molar-refractivity contribution in [1.29, 1.82) is 0 Å². The molecule has 0 fully saturated rings. The monoisotopic (exact) mass is 283 g/mol. The highest BCUT2D eigenvalue weighted by molar-refractivity contribution is 5.42. The van der Waals surface area contributed by atoms with Crippen LogP contribution < -0.4 is 11.4 Å². The molecule has 0 aliphatic rings. The molecule has 1 heterocycles. The van der Waals surface area contributed by atoms with Crippen LogP contribution >= 0.6 is 0 Å². The van der Waals surface area contributed by atoms with Gasteiger partial charge in [-0.05, 0) is 42.8 Å². The maximum atomic E-state index is 12.4. The first-order valence-electron chi connectivity index (χ1n) is 6.37. The molecule has 0 amide bonds. The van der Waals surface area contributed by atoms with Crippen molar-refractivity contribution in [3.63, 3.8) is 0 Å². The van der Waals surface area contributed by atoms with Crippen molar-refractivity contribution in [3.05, 3.63) is 75.1 Å². The lowest BCUT2D eigenvalue weighted by atomic mass is 10.2. The molecule has 21 heavy (non-hydrogen) atoms. The Bertz CT molecular complexity index is 904. The number of H-pyrrole nitrogens is 1. The molecule has 3 rings (SSSR count). The Balaban J connectivity index is 2.21. The van der Waals surface area contributed by atoms with Gasteiger partial charge in [-0.1, -0.05) is 18.2 Å². The Hall–Kier alpha value is -3.02. The number of aryl methyl sites for hydroxylation is 1. The summed E-state index contributed by atoms with van der Waals surface area (Å²) < 4.78 is 2.21. The molecule has 0 radical (unpaired) electrons. The average molecular weight is 283 g/mol. The number of para-hydroxylation sites is 1. The van der Waals surface area contributed by atoms with Crippen molar-refractivity contribution in [3.8, 4) is 17.1 Å². The summed E-state index contributed by atoms with van der Waals surface area (Å²) in [6.07, 6.45) is 0. The highest BCUT2D eigenvalue weighted by atomic mass is 16.3. The van der Waals surface area contributed by atoms with Crippen LogP contribution in [0.5, 0.6) is 5.75 Å². The lowest BCUT2D eigenvalue weighted by molar-refractivity contribution is 0.471. The van der Waals surface area contributed by atoms with Crippen molar-refractivity contribution in [2.24, 2.45) is 0 Å². The van der Waals surface area contributed by atoms with E-state index in [9.17, 15) is 14.7 Å². The first-order chi connectivity index (χ1) is 10.1. The standard InChI is InChI=1S/C15H13N3O3/c1-10-9-12(7-8-13(10)19)18-15(21)17(14(20)16-18)11-5-3-2-4-6-11/h2-9,19H,1H3,(H,16,20). The van der Waals surface area contributed by atoms with Crippen LogP contribution in [0.15, 0.2) is 58.1 Å². The van der Waals surface area contributed by atoms with Gasteiger partial charge in [-0.2, -0.15) is 0 Å². The summed E-state index contributed by atoms with van der Waals surface area (Å²) in [4.78, 5) is 24.4. The van der Waals surface area contributed by atoms with Gasteiger partial charge in [-0.3, -0.25) is 0 Å². The number of aromatic amines is 1. The van der Waals surface area contributed by atoms with Gasteiger partial charge >= 0.3 is 11.4 Å². The summed E-state index contributed by atoms with van der Waals surface area (Å²) in [6.45, 7) is 1.72. The van der Waals surface area contributed by atoms with Gasteiger partial charge in [0, 0.05) is 0 Å². The van der Waals surface area contributed by atoms with Gasteiger partial charge in [-0.25, -0.2) is 23.9 Å². The normalized spacial score (nSPS) is 10.7. The summed E-state index contributed by atoms with van der Waals surface area (Å²) in [5.74, 6) is 0.136. The Morgan fingerprint density at radius 1 is 1.00 bits per heavy atom. The molecule has 106 valence electrons. The van der Waals surface area contributed by atoms with Crippen LogP contribution in [0.2, 0.25) is 0 Å². The van der Waals surface area contributed by atoms with E-state index in [1.54, 1.807) is 43.3 Å². The Morgan fingerprint density at radius 3 is 2.38 bits per heavy atom. The molecule has 3 aromatic rings. The lowest BCUT2D eigenvalue weighted by Gasteiger charge is -2.03. The van der Waals surface area contributed by atoms with Crippen molar-refractivity contribution in [2.45, 2.75) is 6.92 Å². The first-order valence-corrected chi connectivity index (χ1v) is 6.37. The molecule has 2 aromatic carbocycles. The number of phenolic OH excluding ortho intramolecular Hbond substituents is 1. The number of aromatic nitrogens is 3. The largest absolute Gasteiger partial charge is 0.508 e. The smallest absolute Gasteiger partial charge is 0.356 e. The second-order valence-corrected chi connectivity index (χ2v) is 4.68. The maximum Gasteiger partial charge on any atom is 0.356 e. The zero-order valence-electron chi connectivity index (χ0n) is 11.3. The lowest BCUT2D eigenvalue weighted by Crippen LogP contribution is -2.26. The van der Waals surface area contributed by atoms with Gasteiger partial charge in [0.2, 0.25) is 0 Å². The third-order valence-electron chi connectivity index (χ3n) is 3.25. The van der Waals surface area contributed by atoms with Crippen LogP contribution in [0.25, 0.3) is 11.4 Å². The topological polar surface area (TPSA) is 80.0 Å². The minimum Gasteiger partial charge on any atom is -0.508 e. The van der Waals surface area contributed by atoms with Crippen molar-refractivity contribution < 1.29 is 5.11 Å². The van der Waals surface area contributed by atoms with Gasteiger partial charge < -0.3 is 5.11 Å².